The monoisotopic (exact) mass is 219 g/mol. The molecule has 1 aromatic carbocycles. The SMILES string of the molecule is Cc1ccc(C=CC(=O)N[C@@H](C)CO)cc1. The normalized spacial score (nSPS) is 12.7. The number of nitrogens with one attached hydrogen (secondary N) is 1. The molecule has 0 aliphatic rings. The van der Waals surface area contributed by atoms with E-state index in [1.807, 2.05) is 31.2 Å². The van der Waals surface area contributed by atoms with E-state index in [-0.39, 0.29) is 18.6 Å². The van der Waals surface area contributed by atoms with Gasteiger partial charge >= 0.3 is 0 Å². The van der Waals surface area contributed by atoms with Crippen molar-refractivity contribution in [2.45, 2.75) is 19.9 Å². The topological polar surface area (TPSA) is 49.3 Å². The van der Waals surface area contributed by atoms with Gasteiger partial charge in [-0.2, -0.15) is 0 Å². The van der Waals surface area contributed by atoms with Crippen molar-refractivity contribution in [3.8, 4) is 0 Å². The third-order valence-corrected chi connectivity index (χ3v) is 2.17. The summed E-state index contributed by atoms with van der Waals surface area (Å²) in [6.07, 6.45) is 3.22. The van der Waals surface area contributed by atoms with Gasteiger partial charge in [0.2, 0.25) is 5.91 Å². The zero-order valence-corrected chi connectivity index (χ0v) is 9.60. The van der Waals surface area contributed by atoms with Gasteiger partial charge < -0.3 is 10.4 Å². The van der Waals surface area contributed by atoms with E-state index in [2.05, 4.69) is 5.32 Å². The van der Waals surface area contributed by atoms with Gasteiger partial charge in [0, 0.05) is 12.1 Å². The molecule has 0 unspecified atom stereocenters. The van der Waals surface area contributed by atoms with Crippen LogP contribution >= 0.6 is 0 Å². The molecule has 0 heterocycles. The number of rotatable bonds is 4. The van der Waals surface area contributed by atoms with Crippen LogP contribution in [0, 0.1) is 6.92 Å². The highest BCUT2D eigenvalue weighted by molar-refractivity contribution is 5.91. The second-order valence-electron chi connectivity index (χ2n) is 3.84. The minimum atomic E-state index is -0.213. The highest BCUT2D eigenvalue weighted by Crippen LogP contribution is 2.04. The second-order valence-corrected chi connectivity index (χ2v) is 3.84. The lowest BCUT2D eigenvalue weighted by Gasteiger charge is -2.07. The van der Waals surface area contributed by atoms with Gasteiger partial charge in [-0.3, -0.25) is 4.79 Å². The van der Waals surface area contributed by atoms with Crippen molar-refractivity contribution in [1.82, 2.24) is 5.32 Å². The van der Waals surface area contributed by atoms with Crippen molar-refractivity contribution < 1.29 is 9.90 Å². The highest BCUT2D eigenvalue weighted by atomic mass is 16.3. The van der Waals surface area contributed by atoms with Gasteiger partial charge in [-0.05, 0) is 25.5 Å². The van der Waals surface area contributed by atoms with Crippen LogP contribution in [-0.2, 0) is 4.79 Å². The smallest absolute Gasteiger partial charge is 0.244 e. The Bertz CT molecular complexity index is 368. The first-order valence-corrected chi connectivity index (χ1v) is 5.28. The van der Waals surface area contributed by atoms with E-state index in [9.17, 15) is 4.79 Å². The van der Waals surface area contributed by atoms with E-state index >= 15 is 0 Å². The van der Waals surface area contributed by atoms with E-state index in [4.69, 9.17) is 5.11 Å². The zero-order valence-electron chi connectivity index (χ0n) is 9.60. The third-order valence-electron chi connectivity index (χ3n) is 2.17. The fraction of sp³-hybridized carbons (Fsp3) is 0.308. The van der Waals surface area contributed by atoms with E-state index in [0.29, 0.717) is 0 Å². The molecule has 3 heteroatoms. The number of carbonyl (C=O) groups excluding carboxylic acids is 1. The minimum absolute atomic E-state index is 0.0515. The van der Waals surface area contributed by atoms with Crippen LogP contribution in [0.2, 0.25) is 0 Å². The molecule has 16 heavy (non-hydrogen) atoms. The molecule has 0 bridgehead atoms. The number of hydrogen-bond donors (Lipinski definition) is 2. The third kappa shape index (κ3) is 4.28. The highest BCUT2D eigenvalue weighted by Gasteiger charge is 2.01. The lowest BCUT2D eigenvalue weighted by molar-refractivity contribution is -0.117. The first-order chi connectivity index (χ1) is 7.61. The number of hydrogen-bond acceptors (Lipinski definition) is 2. The van der Waals surface area contributed by atoms with Crippen LogP contribution in [0.15, 0.2) is 30.3 Å². The molecule has 1 aromatic rings. The number of aryl methyl sites for hydroxylation is 1. The lowest BCUT2D eigenvalue weighted by Crippen LogP contribution is -2.33. The van der Waals surface area contributed by atoms with Crippen molar-refractivity contribution in [3.63, 3.8) is 0 Å². The Morgan fingerprint density at radius 2 is 2.06 bits per heavy atom. The molecule has 1 amide bonds. The van der Waals surface area contributed by atoms with Gasteiger partial charge in [-0.25, -0.2) is 0 Å². The summed E-state index contributed by atoms with van der Waals surface area (Å²) in [7, 11) is 0. The molecular weight excluding hydrogens is 202 g/mol. The summed E-state index contributed by atoms with van der Waals surface area (Å²) in [5, 5.41) is 11.4. The van der Waals surface area contributed by atoms with Gasteiger partial charge in [0.1, 0.15) is 0 Å². The largest absolute Gasteiger partial charge is 0.394 e. The van der Waals surface area contributed by atoms with Crippen molar-refractivity contribution in [3.05, 3.63) is 41.5 Å². The van der Waals surface area contributed by atoms with Gasteiger partial charge in [-0.15, -0.1) is 0 Å². The first-order valence-electron chi connectivity index (χ1n) is 5.28. The number of carbonyl (C=O) groups is 1. The molecule has 0 aliphatic carbocycles. The average Bonchev–Trinajstić information content (AvgIpc) is 2.28. The van der Waals surface area contributed by atoms with E-state index in [0.717, 1.165) is 5.56 Å². The summed E-state index contributed by atoms with van der Waals surface area (Å²) < 4.78 is 0. The summed E-state index contributed by atoms with van der Waals surface area (Å²) in [5.41, 5.74) is 2.17. The van der Waals surface area contributed by atoms with Crippen LogP contribution in [0.5, 0.6) is 0 Å². The maximum absolute atomic E-state index is 11.3. The second kappa shape index (κ2) is 6.08. The summed E-state index contributed by atoms with van der Waals surface area (Å²) >= 11 is 0. The van der Waals surface area contributed by atoms with E-state index < -0.39 is 0 Å². The van der Waals surface area contributed by atoms with Crippen LogP contribution in [-0.4, -0.2) is 23.7 Å². The van der Waals surface area contributed by atoms with E-state index in [1.165, 1.54) is 11.6 Å². The Morgan fingerprint density at radius 3 is 2.62 bits per heavy atom. The quantitative estimate of drug-likeness (QED) is 0.754. The molecule has 0 spiro atoms. The maximum Gasteiger partial charge on any atom is 0.244 e. The molecule has 0 radical (unpaired) electrons. The molecule has 2 N–H and O–H groups in total. The van der Waals surface area contributed by atoms with E-state index in [1.54, 1.807) is 13.0 Å². The molecule has 1 atom stereocenters. The van der Waals surface area contributed by atoms with Crippen LogP contribution in [0.1, 0.15) is 18.1 Å². The molecule has 3 nitrogen and oxygen atoms in total. The summed E-state index contributed by atoms with van der Waals surface area (Å²) in [6, 6.07) is 7.68. The molecule has 86 valence electrons. The molecule has 0 fully saturated rings. The van der Waals surface area contributed by atoms with Crippen LogP contribution < -0.4 is 5.32 Å². The van der Waals surface area contributed by atoms with Crippen LogP contribution in [0.4, 0.5) is 0 Å². The van der Waals surface area contributed by atoms with Gasteiger partial charge in [0.05, 0.1) is 6.61 Å². The fourth-order valence-corrected chi connectivity index (χ4v) is 1.19. The lowest BCUT2D eigenvalue weighted by atomic mass is 10.1. The van der Waals surface area contributed by atoms with Crippen LogP contribution in [0.25, 0.3) is 6.08 Å². The standard InChI is InChI=1S/C13H17NO2/c1-10-3-5-12(6-4-10)7-8-13(16)14-11(2)9-15/h3-8,11,15H,9H2,1-2H3,(H,14,16)/t11-/m0/s1. The molecule has 0 aliphatic heterocycles. The predicted octanol–water partition coefficient (Wildman–Crippen LogP) is 1.51. The van der Waals surface area contributed by atoms with Gasteiger partial charge in [-0.1, -0.05) is 29.8 Å². The molecular formula is C13H17NO2. The van der Waals surface area contributed by atoms with Crippen LogP contribution in [0.3, 0.4) is 0 Å². The Hall–Kier alpha value is -1.61. The number of aliphatic hydroxyl groups is 1. The van der Waals surface area contributed by atoms with Crippen molar-refractivity contribution in [2.24, 2.45) is 0 Å². The molecule has 0 saturated heterocycles. The van der Waals surface area contributed by atoms with Gasteiger partial charge in [0.15, 0.2) is 0 Å². The minimum Gasteiger partial charge on any atom is -0.394 e. The number of aliphatic hydroxyl groups excluding tert-OH is 1. The number of amides is 1. The van der Waals surface area contributed by atoms with Crippen molar-refractivity contribution in [2.75, 3.05) is 6.61 Å². The Morgan fingerprint density at radius 1 is 1.44 bits per heavy atom. The fourth-order valence-electron chi connectivity index (χ4n) is 1.19. The summed E-state index contributed by atoms with van der Waals surface area (Å²) in [6.45, 7) is 3.71. The Labute approximate surface area is 95.8 Å². The molecule has 1 rings (SSSR count). The first kappa shape index (κ1) is 12.5. The predicted molar refractivity (Wildman–Crippen MR) is 64.9 cm³/mol. The number of benzene rings is 1. The Kier molecular flexibility index (Phi) is 4.73. The van der Waals surface area contributed by atoms with Crippen molar-refractivity contribution in [1.29, 1.82) is 0 Å². The molecule has 0 aromatic heterocycles. The average molecular weight is 219 g/mol. The van der Waals surface area contributed by atoms with Gasteiger partial charge in [0.25, 0.3) is 0 Å². The molecule has 0 saturated carbocycles. The zero-order chi connectivity index (χ0) is 12.0. The van der Waals surface area contributed by atoms with Crippen molar-refractivity contribution >= 4 is 12.0 Å². The summed E-state index contributed by atoms with van der Waals surface area (Å²) in [4.78, 5) is 11.3. The summed E-state index contributed by atoms with van der Waals surface area (Å²) in [5.74, 6) is -0.192. The Balaban J connectivity index is 2.53. The maximum atomic E-state index is 11.3.